The van der Waals surface area contributed by atoms with Gasteiger partial charge in [-0.1, -0.05) is 23.8 Å². The van der Waals surface area contributed by atoms with Gasteiger partial charge in [0.05, 0.1) is 31.0 Å². The first-order valence-electron chi connectivity index (χ1n) is 13.9. The molecule has 0 bridgehead atoms. The number of rotatable bonds is 8. The average molecular weight is 533 g/mol. The minimum absolute atomic E-state index is 0.0545. The van der Waals surface area contributed by atoms with Crippen LogP contribution in [0.1, 0.15) is 80.6 Å². The van der Waals surface area contributed by atoms with Crippen molar-refractivity contribution in [3.8, 4) is 0 Å². The van der Waals surface area contributed by atoms with Crippen LogP contribution in [-0.4, -0.2) is 72.8 Å². The van der Waals surface area contributed by atoms with E-state index in [-0.39, 0.29) is 35.5 Å². The zero-order valence-corrected chi connectivity index (χ0v) is 24.5. The minimum atomic E-state index is -0.531. The van der Waals surface area contributed by atoms with Crippen molar-refractivity contribution >= 4 is 12.0 Å². The molecule has 3 aliphatic rings. The zero-order valence-electron chi connectivity index (χ0n) is 24.5. The molecule has 1 spiro atoms. The van der Waals surface area contributed by atoms with Crippen LogP contribution in [0, 0.1) is 5.41 Å². The van der Waals surface area contributed by atoms with E-state index in [0.29, 0.717) is 25.0 Å². The topological polar surface area (TPSA) is 86.3 Å². The number of carbonyl (C=O) groups excluding carboxylic acids is 2. The van der Waals surface area contributed by atoms with Gasteiger partial charge < -0.3 is 29.2 Å². The van der Waals surface area contributed by atoms with Gasteiger partial charge in [0.1, 0.15) is 6.10 Å². The Morgan fingerprint density at radius 2 is 1.82 bits per heavy atom. The van der Waals surface area contributed by atoms with E-state index >= 15 is 0 Å². The molecule has 1 aliphatic carbocycles. The monoisotopic (exact) mass is 532 g/mol. The van der Waals surface area contributed by atoms with Crippen LogP contribution in [-0.2, 0) is 23.7 Å². The van der Waals surface area contributed by atoms with E-state index in [9.17, 15) is 9.59 Å². The van der Waals surface area contributed by atoms with Gasteiger partial charge in [0.25, 0.3) is 0 Å². The number of nitrogens with one attached hydrogen (secondary N) is 1. The van der Waals surface area contributed by atoms with Crippen LogP contribution < -0.4 is 5.32 Å². The van der Waals surface area contributed by atoms with Crippen molar-refractivity contribution in [1.29, 1.82) is 0 Å². The summed E-state index contributed by atoms with van der Waals surface area (Å²) in [5, 5.41) is 2.87. The average Bonchev–Trinajstić information content (AvgIpc) is 3.56. The fourth-order valence-corrected chi connectivity index (χ4v) is 4.96. The van der Waals surface area contributed by atoms with E-state index in [1.165, 1.54) is 23.8 Å². The molecule has 0 radical (unpaired) electrons. The molecule has 8 nitrogen and oxygen atoms in total. The third-order valence-electron chi connectivity index (χ3n) is 7.47. The Kier molecular flexibility index (Phi) is 9.87. The molecule has 214 valence electrons. The van der Waals surface area contributed by atoms with E-state index in [1.807, 2.05) is 20.8 Å². The molecule has 2 atom stereocenters. The van der Waals surface area contributed by atoms with Crippen molar-refractivity contribution in [1.82, 2.24) is 10.2 Å². The quantitative estimate of drug-likeness (QED) is 0.338. The van der Waals surface area contributed by atoms with Crippen molar-refractivity contribution in [2.75, 3.05) is 20.3 Å². The fourth-order valence-electron chi connectivity index (χ4n) is 4.96. The summed E-state index contributed by atoms with van der Waals surface area (Å²) in [6.45, 7) is 14.7. The third-order valence-corrected chi connectivity index (χ3v) is 7.47. The Balaban J connectivity index is 1.35. The summed E-state index contributed by atoms with van der Waals surface area (Å²) < 4.78 is 23.3. The number of ether oxygens (including phenoxy) is 4. The highest BCUT2D eigenvalue weighted by atomic mass is 16.7. The molecule has 0 unspecified atom stereocenters. The Morgan fingerprint density at radius 3 is 2.42 bits per heavy atom. The van der Waals surface area contributed by atoms with Gasteiger partial charge in [-0.3, -0.25) is 4.79 Å². The number of hydrogen-bond donors (Lipinski definition) is 1. The van der Waals surface area contributed by atoms with Crippen molar-refractivity contribution in [3.63, 3.8) is 0 Å². The number of carbonyl (C=O) groups is 2. The van der Waals surface area contributed by atoms with E-state index in [0.717, 1.165) is 18.4 Å². The summed E-state index contributed by atoms with van der Waals surface area (Å²) in [6.07, 6.45) is 13.8. The van der Waals surface area contributed by atoms with Crippen LogP contribution in [0.5, 0.6) is 0 Å². The van der Waals surface area contributed by atoms with Crippen molar-refractivity contribution in [3.05, 3.63) is 36.0 Å². The second kappa shape index (κ2) is 12.3. The van der Waals surface area contributed by atoms with Gasteiger partial charge in [0.15, 0.2) is 6.29 Å². The van der Waals surface area contributed by atoms with Crippen LogP contribution in [0.4, 0.5) is 4.79 Å². The Bertz CT molecular complexity index is 914. The maximum atomic E-state index is 12.3. The lowest BCUT2D eigenvalue weighted by Gasteiger charge is -2.40. The summed E-state index contributed by atoms with van der Waals surface area (Å²) >= 11 is 0. The standard InChI is InChI=1S/C30H48N2O6/c1-21(9-12-24-17-30(15-16-30)20-29(6,7)38-24)10-14-26-35-18-23(19-36-26)31-25(33)13-11-22(2)37-27(34)32(8)28(3,4)5/h9-13,22-24,26H,14-20H2,1-8H3,(H,31,33)/b12-9+,13-11-,21-10+/t22-,23?,24+,26?/m0/s1. The van der Waals surface area contributed by atoms with E-state index in [4.69, 9.17) is 18.9 Å². The molecule has 2 amide bonds. The minimum Gasteiger partial charge on any atom is -0.442 e. The van der Waals surface area contributed by atoms with E-state index < -0.39 is 12.2 Å². The molecule has 3 fully saturated rings. The fraction of sp³-hybridized carbons (Fsp3) is 0.733. The molecule has 2 saturated heterocycles. The van der Waals surface area contributed by atoms with Crippen LogP contribution in [0.25, 0.3) is 0 Å². The van der Waals surface area contributed by atoms with Crippen molar-refractivity contribution < 1.29 is 28.5 Å². The first-order chi connectivity index (χ1) is 17.7. The van der Waals surface area contributed by atoms with Gasteiger partial charge >= 0.3 is 6.09 Å². The second-order valence-corrected chi connectivity index (χ2v) is 12.8. The molecule has 2 aliphatic heterocycles. The number of hydrogen-bond acceptors (Lipinski definition) is 6. The van der Waals surface area contributed by atoms with Gasteiger partial charge in [-0.2, -0.15) is 0 Å². The van der Waals surface area contributed by atoms with Crippen molar-refractivity contribution in [2.45, 2.75) is 116 Å². The Hall–Kier alpha value is -2.16. The molecule has 2 heterocycles. The van der Waals surface area contributed by atoms with Crippen molar-refractivity contribution in [2.24, 2.45) is 5.41 Å². The van der Waals surface area contributed by atoms with Crippen LogP contribution >= 0.6 is 0 Å². The van der Waals surface area contributed by atoms with Gasteiger partial charge in [-0.25, -0.2) is 4.79 Å². The number of allylic oxidation sites excluding steroid dienone is 2. The molecule has 0 aromatic carbocycles. The van der Waals surface area contributed by atoms with Crippen LogP contribution in [0.2, 0.25) is 0 Å². The highest BCUT2D eigenvalue weighted by molar-refractivity contribution is 5.87. The van der Waals surface area contributed by atoms with E-state index in [1.54, 1.807) is 20.0 Å². The Morgan fingerprint density at radius 1 is 1.16 bits per heavy atom. The normalized spacial score (nSPS) is 27.9. The molecule has 1 saturated carbocycles. The predicted molar refractivity (Wildman–Crippen MR) is 148 cm³/mol. The van der Waals surface area contributed by atoms with Gasteiger partial charge in [-0.15, -0.1) is 0 Å². The highest BCUT2D eigenvalue weighted by Crippen LogP contribution is 2.58. The summed E-state index contributed by atoms with van der Waals surface area (Å²) in [5.74, 6) is -0.283. The summed E-state index contributed by atoms with van der Waals surface area (Å²) in [6, 6.07) is -0.236. The van der Waals surface area contributed by atoms with Crippen LogP contribution in [0.15, 0.2) is 36.0 Å². The lowest BCUT2D eigenvalue weighted by Crippen LogP contribution is -2.46. The lowest BCUT2D eigenvalue weighted by atomic mass is 9.82. The smallest absolute Gasteiger partial charge is 0.410 e. The number of nitrogens with zero attached hydrogens (tertiary/aromatic N) is 1. The maximum absolute atomic E-state index is 12.3. The first kappa shape index (κ1) is 30.4. The first-order valence-corrected chi connectivity index (χ1v) is 13.9. The third kappa shape index (κ3) is 9.54. The molecule has 0 aromatic rings. The Labute approximate surface area is 228 Å². The lowest BCUT2D eigenvalue weighted by molar-refractivity contribution is -0.187. The van der Waals surface area contributed by atoms with Gasteiger partial charge in [0.2, 0.25) is 5.91 Å². The maximum Gasteiger partial charge on any atom is 0.410 e. The van der Waals surface area contributed by atoms with Crippen LogP contribution in [0.3, 0.4) is 0 Å². The van der Waals surface area contributed by atoms with Gasteiger partial charge in [0, 0.05) is 25.1 Å². The molecular formula is C30H48N2O6. The zero-order chi connectivity index (χ0) is 28.1. The molecule has 1 N–H and O–H groups in total. The van der Waals surface area contributed by atoms with E-state index in [2.05, 4.69) is 44.3 Å². The molecule has 0 aromatic heterocycles. The summed E-state index contributed by atoms with van der Waals surface area (Å²) in [4.78, 5) is 26.0. The molecular weight excluding hydrogens is 484 g/mol. The highest BCUT2D eigenvalue weighted by Gasteiger charge is 2.51. The number of amides is 2. The second-order valence-electron chi connectivity index (χ2n) is 12.8. The largest absolute Gasteiger partial charge is 0.442 e. The predicted octanol–water partition coefficient (Wildman–Crippen LogP) is 5.29. The molecule has 38 heavy (non-hydrogen) atoms. The van der Waals surface area contributed by atoms with Gasteiger partial charge in [-0.05, 0) is 85.6 Å². The SMILES string of the molecule is CC(/C=C/[C@@H]1CC2(CC2)CC(C)(C)O1)=C\CC1OCC(NC(=O)/C=C\[C@H](C)OC(=O)N(C)C(C)(C)C)CO1. The molecule has 8 heteroatoms. The summed E-state index contributed by atoms with van der Waals surface area (Å²) in [7, 11) is 1.69. The molecule has 3 rings (SSSR count). The summed E-state index contributed by atoms with van der Waals surface area (Å²) in [5.41, 5.74) is 1.26.